The molecule has 0 N–H and O–H groups in total. The van der Waals surface area contributed by atoms with E-state index in [9.17, 15) is 0 Å². The van der Waals surface area contributed by atoms with Crippen LogP contribution in [0.5, 0.6) is 0 Å². The molecular weight excluding hydrogens is 256 g/mol. The molecule has 112 valence electrons. The number of hydrogen-bond acceptors (Lipinski definition) is 0. The average molecular weight is 287 g/mol. The van der Waals surface area contributed by atoms with Gasteiger partial charge >= 0.3 is 0 Å². The van der Waals surface area contributed by atoms with Gasteiger partial charge in [-0.1, -0.05) is 52.4 Å². The third kappa shape index (κ3) is 9.10. The standard InChI is InChI=1S/C16H31N2.ClH/c1-3-5-6-7-8-9-10-11-13-18-15-14-17(16-18)12-4-2;/h14-16H,3-13H2,1-2H3;1H/q+1;/p-1. The van der Waals surface area contributed by atoms with Crippen LogP contribution in [0.25, 0.3) is 0 Å². The maximum atomic E-state index is 2.33. The molecule has 19 heavy (non-hydrogen) atoms. The molecule has 0 spiro atoms. The number of hydrogen-bond donors (Lipinski definition) is 0. The van der Waals surface area contributed by atoms with Gasteiger partial charge in [0, 0.05) is 0 Å². The van der Waals surface area contributed by atoms with Crippen LogP contribution >= 0.6 is 0 Å². The lowest BCUT2D eigenvalue weighted by atomic mass is 10.1. The van der Waals surface area contributed by atoms with Crippen molar-refractivity contribution in [3.63, 3.8) is 0 Å². The van der Waals surface area contributed by atoms with Gasteiger partial charge in [0.15, 0.2) is 0 Å². The molecule has 1 rings (SSSR count). The fourth-order valence-corrected chi connectivity index (χ4v) is 2.39. The maximum absolute atomic E-state index is 2.33. The molecular formula is C16H31ClN2. The highest BCUT2D eigenvalue weighted by Crippen LogP contribution is 2.08. The van der Waals surface area contributed by atoms with Gasteiger partial charge in [-0.25, -0.2) is 9.13 Å². The van der Waals surface area contributed by atoms with Crippen LogP contribution in [0.2, 0.25) is 0 Å². The van der Waals surface area contributed by atoms with Crippen LogP contribution in [-0.2, 0) is 13.1 Å². The Labute approximate surface area is 125 Å². The molecule has 1 heterocycles. The molecule has 0 bridgehead atoms. The SMILES string of the molecule is CCCCCCCCCCn1cc[n+](CCC)c1.[Cl-]. The smallest absolute Gasteiger partial charge is 0.243 e. The molecule has 3 heteroatoms. The Bertz CT molecular complexity index is 297. The summed E-state index contributed by atoms with van der Waals surface area (Å²) >= 11 is 0. The van der Waals surface area contributed by atoms with Gasteiger partial charge in [0.1, 0.15) is 12.4 Å². The molecule has 1 aromatic heterocycles. The Hall–Kier alpha value is -0.500. The van der Waals surface area contributed by atoms with Gasteiger partial charge < -0.3 is 12.4 Å². The molecule has 0 saturated carbocycles. The first-order chi connectivity index (χ1) is 8.86. The Kier molecular flexibility index (Phi) is 12.2. The lowest BCUT2D eigenvalue weighted by Gasteiger charge is -2.00. The van der Waals surface area contributed by atoms with Gasteiger partial charge in [0.2, 0.25) is 6.33 Å². The van der Waals surface area contributed by atoms with E-state index in [0.29, 0.717) is 0 Å². The minimum absolute atomic E-state index is 0. The van der Waals surface area contributed by atoms with Gasteiger partial charge in [-0.3, -0.25) is 0 Å². The lowest BCUT2D eigenvalue weighted by Crippen LogP contribution is -3.00. The van der Waals surface area contributed by atoms with Crippen LogP contribution in [0.1, 0.15) is 71.6 Å². The molecule has 1 aromatic rings. The predicted octanol–water partition coefficient (Wildman–Crippen LogP) is 1.33. The summed E-state index contributed by atoms with van der Waals surface area (Å²) in [6.45, 7) is 6.83. The van der Waals surface area contributed by atoms with Crippen molar-refractivity contribution in [2.45, 2.75) is 84.7 Å². The van der Waals surface area contributed by atoms with Crippen LogP contribution in [0.4, 0.5) is 0 Å². The van der Waals surface area contributed by atoms with Crippen molar-refractivity contribution in [2.75, 3.05) is 0 Å². The van der Waals surface area contributed by atoms with E-state index >= 15 is 0 Å². The first kappa shape index (κ1) is 18.5. The number of rotatable bonds is 11. The molecule has 0 aliphatic carbocycles. The third-order valence-electron chi connectivity index (χ3n) is 3.50. The van der Waals surface area contributed by atoms with Gasteiger partial charge in [0.25, 0.3) is 0 Å². The van der Waals surface area contributed by atoms with Crippen molar-refractivity contribution in [1.82, 2.24) is 4.57 Å². The van der Waals surface area contributed by atoms with E-state index in [2.05, 4.69) is 41.7 Å². The van der Waals surface area contributed by atoms with Crippen LogP contribution in [0, 0.1) is 0 Å². The van der Waals surface area contributed by atoms with Gasteiger partial charge in [-0.05, 0) is 19.3 Å². The van der Waals surface area contributed by atoms with Crippen molar-refractivity contribution in [3.8, 4) is 0 Å². The summed E-state index contributed by atoms with van der Waals surface area (Å²) in [6.07, 6.45) is 19.1. The second-order valence-corrected chi connectivity index (χ2v) is 5.36. The average Bonchev–Trinajstić information content (AvgIpc) is 2.81. The molecule has 0 aliphatic heterocycles. The highest BCUT2D eigenvalue weighted by Gasteiger charge is 2.01. The molecule has 0 aliphatic rings. The minimum atomic E-state index is 0. The van der Waals surface area contributed by atoms with E-state index in [1.165, 1.54) is 64.3 Å². The number of imidazole rings is 1. The second-order valence-electron chi connectivity index (χ2n) is 5.36. The third-order valence-corrected chi connectivity index (χ3v) is 3.50. The van der Waals surface area contributed by atoms with Crippen molar-refractivity contribution >= 4 is 0 Å². The molecule has 0 unspecified atom stereocenters. The number of aryl methyl sites for hydroxylation is 2. The molecule has 0 radical (unpaired) electrons. The molecule has 2 nitrogen and oxygen atoms in total. The van der Waals surface area contributed by atoms with E-state index in [-0.39, 0.29) is 12.4 Å². The zero-order valence-electron chi connectivity index (χ0n) is 12.8. The minimum Gasteiger partial charge on any atom is -1.00 e. The highest BCUT2D eigenvalue weighted by atomic mass is 35.5. The van der Waals surface area contributed by atoms with Crippen LogP contribution in [0.3, 0.4) is 0 Å². The van der Waals surface area contributed by atoms with Crippen LogP contribution < -0.4 is 17.0 Å². The first-order valence-electron chi connectivity index (χ1n) is 7.91. The largest absolute Gasteiger partial charge is 1.00 e. The number of aromatic nitrogens is 2. The zero-order chi connectivity index (χ0) is 13.1. The van der Waals surface area contributed by atoms with Crippen molar-refractivity contribution in [3.05, 3.63) is 18.7 Å². The van der Waals surface area contributed by atoms with Crippen LogP contribution in [0.15, 0.2) is 18.7 Å². The summed E-state index contributed by atoms with van der Waals surface area (Å²) in [6, 6.07) is 0. The van der Waals surface area contributed by atoms with E-state index in [4.69, 9.17) is 0 Å². The number of halogens is 1. The van der Waals surface area contributed by atoms with Gasteiger partial charge in [0.05, 0.1) is 13.1 Å². The summed E-state index contributed by atoms with van der Waals surface area (Å²) in [4.78, 5) is 0. The Balaban J connectivity index is 0.00000324. The fourth-order valence-electron chi connectivity index (χ4n) is 2.39. The monoisotopic (exact) mass is 286 g/mol. The Morgan fingerprint density at radius 1 is 0.842 bits per heavy atom. The van der Waals surface area contributed by atoms with Crippen molar-refractivity contribution in [1.29, 1.82) is 0 Å². The zero-order valence-corrected chi connectivity index (χ0v) is 13.5. The maximum Gasteiger partial charge on any atom is 0.243 e. The summed E-state index contributed by atoms with van der Waals surface area (Å²) in [7, 11) is 0. The molecule has 0 amide bonds. The first-order valence-corrected chi connectivity index (χ1v) is 7.91. The number of unbranched alkanes of at least 4 members (excludes halogenated alkanes) is 7. The van der Waals surface area contributed by atoms with Gasteiger partial charge in [-0.2, -0.15) is 0 Å². The molecule has 0 fully saturated rings. The molecule has 0 aromatic carbocycles. The summed E-state index contributed by atoms with van der Waals surface area (Å²) in [5.41, 5.74) is 0. The Morgan fingerprint density at radius 3 is 2.11 bits per heavy atom. The van der Waals surface area contributed by atoms with E-state index in [1.807, 2.05) is 0 Å². The van der Waals surface area contributed by atoms with Gasteiger partial charge in [-0.15, -0.1) is 0 Å². The van der Waals surface area contributed by atoms with E-state index in [0.717, 1.165) is 6.54 Å². The summed E-state index contributed by atoms with van der Waals surface area (Å²) < 4.78 is 4.61. The fraction of sp³-hybridized carbons (Fsp3) is 0.812. The molecule has 0 atom stereocenters. The van der Waals surface area contributed by atoms with Crippen molar-refractivity contribution < 1.29 is 17.0 Å². The summed E-state index contributed by atoms with van der Waals surface area (Å²) in [5, 5.41) is 0. The summed E-state index contributed by atoms with van der Waals surface area (Å²) in [5.74, 6) is 0. The van der Waals surface area contributed by atoms with E-state index in [1.54, 1.807) is 0 Å². The lowest BCUT2D eigenvalue weighted by molar-refractivity contribution is -0.696. The quantitative estimate of drug-likeness (QED) is 0.429. The molecule has 0 saturated heterocycles. The predicted molar refractivity (Wildman–Crippen MR) is 77.5 cm³/mol. The van der Waals surface area contributed by atoms with Crippen molar-refractivity contribution in [2.24, 2.45) is 0 Å². The highest BCUT2D eigenvalue weighted by molar-refractivity contribution is 4.66. The topological polar surface area (TPSA) is 8.81 Å². The van der Waals surface area contributed by atoms with E-state index < -0.39 is 0 Å². The number of nitrogens with zero attached hydrogens (tertiary/aromatic N) is 2. The van der Waals surface area contributed by atoms with Crippen LogP contribution in [-0.4, -0.2) is 4.57 Å². The normalized spacial score (nSPS) is 10.4. The Morgan fingerprint density at radius 2 is 1.47 bits per heavy atom. The second kappa shape index (κ2) is 12.5.